The number of nitrogens with zero attached hydrogens (tertiary/aromatic N) is 1. The first-order valence-corrected chi connectivity index (χ1v) is 13.6. The van der Waals surface area contributed by atoms with Crippen molar-refractivity contribution < 1.29 is 25.0 Å². The van der Waals surface area contributed by atoms with Gasteiger partial charge in [0, 0.05) is 6.54 Å². The van der Waals surface area contributed by atoms with Crippen molar-refractivity contribution in [1.29, 1.82) is 0 Å². The second kappa shape index (κ2) is 9.73. The summed E-state index contributed by atoms with van der Waals surface area (Å²) in [5.74, 6) is 1.50. The third-order valence-electron chi connectivity index (χ3n) is 10.1. The minimum Gasteiger partial charge on any atom is -0.504 e. The Balaban J connectivity index is 1.13. The van der Waals surface area contributed by atoms with Gasteiger partial charge < -0.3 is 25.5 Å². The number of phenolic OH excluding ortho intramolecular Hbond substituents is 2. The summed E-state index contributed by atoms with van der Waals surface area (Å²) in [5.41, 5.74) is 3.55. The highest BCUT2D eigenvalue weighted by Crippen LogP contribution is 2.65. The maximum absolute atomic E-state index is 12.1. The van der Waals surface area contributed by atoms with Gasteiger partial charge in [-0.1, -0.05) is 30.6 Å². The van der Waals surface area contributed by atoms with Crippen molar-refractivity contribution in [3.8, 4) is 11.5 Å². The smallest absolute Gasteiger partial charge is 0.260 e. The second-order valence-corrected chi connectivity index (χ2v) is 11.9. The van der Waals surface area contributed by atoms with Crippen LogP contribution in [0.5, 0.6) is 11.5 Å². The first-order valence-electron chi connectivity index (χ1n) is 13.6. The molecule has 0 unspecified atom stereocenters. The van der Waals surface area contributed by atoms with E-state index in [1.165, 1.54) is 37.0 Å². The van der Waals surface area contributed by atoms with E-state index in [9.17, 15) is 20.1 Å². The molecule has 5 rings (SSSR count). The number of phenols is 2. The molecule has 1 aromatic rings. The zero-order chi connectivity index (χ0) is 25.5. The SMILES string of the molecule is C[C@]12CC[C@@H]3[C@@H](CCC4=CC(=NOCC(=O)NCCc5ccc(O)c(O)c5)CC[C@@]43C)[C@@H]1CC[C@@H]2O. The summed E-state index contributed by atoms with van der Waals surface area (Å²) >= 11 is 0. The summed E-state index contributed by atoms with van der Waals surface area (Å²) in [7, 11) is 0. The molecule has 0 aliphatic heterocycles. The summed E-state index contributed by atoms with van der Waals surface area (Å²) in [6, 6.07) is 4.64. The van der Waals surface area contributed by atoms with Gasteiger partial charge in [-0.25, -0.2) is 0 Å². The van der Waals surface area contributed by atoms with E-state index < -0.39 is 0 Å². The number of nitrogens with one attached hydrogen (secondary N) is 1. The fourth-order valence-corrected chi connectivity index (χ4v) is 7.91. The minimum atomic E-state index is -0.236. The van der Waals surface area contributed by atoms with Crippen LogP contribution < -0.4 is 5.32 Å². The van der Waals surface area contributed by atoms with E-state index in [0.29, 0.717) is 30.7 Å². The van der Waals surface area contributed by atoms with Gasteiger partial charge in [-0.2, -0.15) is 0 Å². The van der Waals surface area contributed by atoms with Gasteiger partial charge in [0.2, 0.25) is 0 Å². The van der Waals surface area contributed by atoms with Gasteiger partial charge in [-0.05, 0) is 110 Å². The topological polar surface area (TPSA) is 111 Å². The van der Waals surface area contributed by atoms with Crippen LogP contribution in [0, 0.1) is 28.6 Å². The molecule has 0 aromatic heterocycles. The number of aromatic hydroxyl groups is 2. The average molecular weight is 497 g/mol. The van der Waals surface area contributed by atoms with Gasteiger partial charge in [0.05, 0.1) is 11.8 Å². The van der Waals surface area contributed by atoms with Crippen molar-refractivity contribution in [3.63, 3.8) is 0 Å². The van der Waals surface area contributed by atoms with Crippen LogP contribution in [0.25, 0.3) is 0 Å². The fraction of sp³-hybridized carbons (Fsp3) is 0.655. The molecule has 0 heterocycles. The number of rotatable bonds is 6. The molecule has 36 heavy (non-hydrogen) atoms. The summed E-state index contributed by atoms with van der Waals surface area (Å²) < 4.78 is 0. The predicted octanol–water partition coefficient (Wildman–Crippen LogP) is 4.45. The number of benzene rings is 1. The lowest BCUT2D eigenvalue weighted by molar-refractivity contribution is -0.125. The summed E-state index contributed by atoms with van der Waals surface area (Å²) in [6.07, 6.45) is 11.3. The molecule has 0 bridgehead atoms. The molecule has 6 atom stereocenters. The Labute approximate surface area is 213 Å². The van der Waals surface area contributed by atoms with Crippen LogP contribution in [0.1, 0.15) is 70.8 Å². The Morgan fingerprint density at radius 1 is 1.08 bits per heavy atom. The molecule has 3 fully saturated rings. The highest BCUT2D eigenvalue weighted by atomic mass is 16.6. The van der Waals surface area contributed by atoms with Crippen LogP contribution in [0.3, 0.4) is 0 Å². The molecule has 196 valence electrons. The van der Waals surface area contributed by atoms with Crippen LogP contribution >= 0.6 is 0 Å². The molecular weight excluding hydrogens is 456 g/mol. The molecule has 4 N–H and O–H groups in total. The Bertz CT molecular complexity index is 1070. The number of carbonyl (C=O) groups is 1. The van der Waals surface area contributed by atoms with Gasteiger partial charge in [0.1, 0.15) is 0 Å². The van der Waals surface area contributed by atoms with Gasteiger partial charge in [-0.15, -0.1) is 0 Å². The van der Waals surface area contributed by atoms with Gasteiger partial charge in [0.25, 0.3) is 5.91 Å². The number of oxime groups is 1. The molecule has 1 aromatic carbocycles. The molecule has 0 spiro atoms. The number of amides is 1. The first-order chi connectivity index (χ1) is 17.2. The Kier molecular flexibility index (Phi) is 6.79. The lowest BCUT2D eigenvalue weighted by atomic mass is 9.47. The fourth-order valence-electron chi connectivity index (χ4n) is 7.91. The molecule has 0 radical (unpaired) electrons. The van der Waals surface area contributed by atoms with E-state index in [2.05, 4.69) is 30.4 Å². The van der Waals surface area contributed by atoms with Crippen LogP contribution in [0.15, 0.2) is 35.0 Å². The van der Waals surface area contributed by atoms with E-state index in [-0.39, 0.29) is 40.9 Å². The molecule has 3 saturated carbocycles. The Hall–Kier alpha value is -2.54. The molecule has 1 amide bonds. The van der Waals surface area contributed by atoms with Crippen molar-refractivity contribution in [3.05, 3.63) is 35.4 Å². The van der Waals surface area contributed by atoms with Crippen molar-refractivity contribution in [2.75, 3.05) is 13.2 Å². The lowest BCUT2D eigenvalue weighted by Gasteiger charge is -2.57. The van der Waals surface area contributed by atoms with E-state index in [0.717, 1.165) is 43.4 Å². The van der Waals surface area contributed by atoms with Crippen LogP contribution in [-0.2, 0) is 16.1 Å². The predicted molar refractivity (Wildman–Crippen MR) is 138 cm³/mol. The number of fused-ring (bicyclic) bond motifs is 5. The monoisotopic (exact) mass is 496 g/mol. The summed E-state index contributed by atoms with van der Waals surface area (Å²) in [4.78, 5) is 17.5. The average Bonchev–Trinajstić information content (AvgIpc) is 3.16. The van der Waals surface area contributed by atoms with Crippen molar-refractivity contribution in [1.82, 2.24) is 5.32 Å². The van der Waals surface area contributed by atoms with Gasteiger partial charge in [0.15, 0.2) is 18.1 Å². The van der Waals surface area contributed by atoms with Crippen molar-refractivity contribution in [2.45, 2.75) is 77.7 Å². The Morgan fingerprint density at radius 2 is 1.92 bits per heavy atom. The number of hydrogen-bond donors (Lipinski definition) is 4. The van der Waals surface area contributed by atoms with Gasteiger partial charge in [-0.3, -0.25) is 4.79 Å². The van der Waals surface area contributed by atoms with Crippen LogP contribution in [0.2, 0.25) is 0 Å². The van der Waals surface area contributed by atoms with E-state index >= 15 is 0 Å². The minimum absolute atomic E-state index is 0.111. The first kappa shape index (κ1) is 25.1. The van der Waals surface area contributed by atoms with Gasteiger partial charge >= 0.3 is 0 Å². The molecule has 4 aliphatic carbocycles. The molecular formula is C29H40N2O5. The van der Waals surface area contributed by atoms with E-state index in [1.54, 1.807) is 6.07 Å². The second-order valence-electron chi connectivity index (χ2n) is 11.9. The number of aliphatic hydroxyl groups excluding tert-OH is 1. The van der Waals surface area contributed by atoms with Crippen LogP contribution in [0.4, 0.5) is 0 Å². The molecule has 7 heteroatoms. The van der Waals surface area contributed by atoms with Crippen molar-refractivity contribution in [2.24, 2.45) is 33.7 Å². The number of hydrogen-bond acceptors (Lipinski definition) is 6. The third-order valence-corrected chi connectivity index (χ3v) is 10.1. The number of carbonyl (C=O) groups excluding carboxylic acids is 1. The zero-order valence-corrected chi connectivity index (χ0v) is 21.5. The maximum atomic E-state index is 12.1. The maximum Gasteiger partial charge on any atom is 0.260 e. The van der Waals surface area contributed by atoms with E-state index in [1.807, 2.05) is 0 Å². The summed E-state index contributed by atoms with van der Waals surface area (Å²) in [6.45, 7) is 5.06. The third kappa shape index (κ3) is 4.51. The van der Waals surface area contributed by atoms with Crippen molar-refractivity contribution >= 4 is 11.6 Å². The Morgan fingerprint density at radius 3 is 2.72 bits per heavy atom. The highest BCUT2D eigenvalue weighted by Gasteiger charge is 2.58. The largest absolute Gasteiger partial charge is 0.504 e. The normalized spacial score (nSPS) is 36.4. The molecule has 7 nitrogen and oxygen atoms in total. The van der Waals surface area contributed by atoms with E-state index in [4.69, 9.17) is 4.84 Å². The van der Waals surface area contributed by atoms with Crippen LogP contribution in [-0.4, -0.2) is 46.2 Å². The molecule has 0 saturated heterocycles. The lowest BCUT2D eigenvalue weighted by Crippen LogP contribution is -2.51. The highest BCUT2D eigenvalue weighted by molar-refractivity contribution is 5.96. The number of allylic oxidation sites excluding steroid dienone is 2. The summed E-state index contributed by atoms with van der Waals surface area (Å²) in [5, 5.41) is 36.7. The number of aliphatic hydroxyl groups is 1. The molecule has 4 aliphatic rings. The quantitative estimate of drug-likeness (QED) is 0.343. The standard InChI is InChI=1S/C29H40N2O5/c1-28-12-9-20(31-36-17-27(35)30-14-11-18-3-7-24(32)25(33)15-18)16-19(28)4-5-21-22-6-8-26(34)29(22,2)13-10-23(21)28/h3,7,15-16,21-23,26,32-34H,4-6,8-14,17H2,1-2H3,(H,30,35)/t21-,22-,23+,26-,28-,29-/m0/s1. The zero-order valence-electron chi connectivity index (χ0n) is 21.5.